The van der Waals surface area contributed by atoms with Gasteiger partial charge in [-0.3, -0.25) is 0 Å². The summed E-state index contributed by atoms with van der Waals surface area (Å²) < 4.78 is 0. The molecule has 0 aromatic heterocycles. The van der Waals surface area contributed by atoms with E-state index >= 15 is 0 Å². The second-order valence-corrected chi connectivity index (χ2v) is 5.80. The summed E-state index contributed by atoms with van der Waals surface area (Å²) in [6.07, 6.45) is 4.42. The molecule has 2 heteroatoms. The largest absolute Gasteiger partial charge is 0.392 e. The summed E-state index contributed by atoms with van der Waals surface area (Å²) in [7, 11) is 0. The predicted octanol–water partition coefficient (Wildman–Crippen LogP) is 3.82. The van der Waals surface area contributed by atoms with Crippen LogP contribution in [-0.4, -0.2) is 17.0 Å². The van der Waals surface area contributed by atoms with Crippen LogP contribution in [0.2, 0.25) is 0 Å². The van der Waals surface area contributed by atoms with Crippen molar-refractivity contribution in [1.29, 1.82) is 0 Å². The molecule has 2 rings (SSSR count). The van der Waals surface area contributed by atoms with Crippen molar-refractivity contribution >= 4 is 11.8 Å². The molecule has 2 atom stereocenters. The van der Waals surface area contributed by atoms with Gasteiger partial charge in [-0.25, -0.2) is 0 Å². The first-order chi connectivity index (χ1) is 7.81. The lowest BCUT2D eigenvalue weighted by Gasteiger charge is -2.28. The molecular weight excluding hydrogens is 216 g/mol. The summed E-state index contributed by atoms with van der Waals surface area (Å²) >= 11 is 1.87. The molecule has 1 saturated carbocycles. The summed E-state index contributed by atoms with van der Waals surface area (Å²) in [5.41, 5.74) is 1.31. The third-order valence-corrected chi connectivity index (χ3v) is 4.24. The summed E-state index contributed by atoms with van der Waals surface area (Å²) in [6.45, 7) is 2.17. The molecule has 0 aliphatic heterocycles. The van der Waals surface area contributed by atoms with Crippen molar-refractivity contribution in [2.45, 2.75) is 49.5 Å². The lowest BCUT2D eigenvalue weighted by Crippen LogP contribution is -2.22. The van der Waals surface area contributed by atoms with Gasteiger partial charge in [0.15, 0.2) is 0 Å². The molecule has 0 bridgehead atoms. The van der Waals surface area contributed by atoms with Crippen molar-refractivity contribution in [3.05, 3.63) is 29.8 Å². The Morgan fingerprint density at radius 3 is 2.50 bits per heavy atom. The zero-order valence-electron chi connectivity index (χ0n) is 9.86. The van der Waals surface area contributed by atoms with Crippen molar-refractivity contribution < 1.29 is 5.11 Å². The van der Waals surface area contributed by atoms with Gasteiger partial charge in [0.1, 0.15) is 0 Å². The Hall–Kier alpha value is -0.470. The lowest BCUT2D eigenvalue weighted by molar-refractivity contribution is 0.106. The number of hydrogen-bond donors (Lipinski definition) is 1. The van der Waals surface area contributed by atoms with Gasteiger partial charge >= 0.3 is 0 Å². The number of hydrogen-bond acceptors (Lipinski definition) is 2. The third-order valence-electron chi connectivity index (χ3n) is 3.35. The Kier molecular flexibility index (Phi) is 4.30. The normalized spacial score (nSPS) is 25.6. The van der Waals surface area contributed by atoms with Crippen molar-refractivity contribution in [1.82, 2.24) is 0 Å². The first-order valence-corrected chi connectivity index (χ1v) is 7.20. The van der Waals surface area contributed by atoms with E-state index in [-0.39, 0.29) is 6.10 Å². The minimum absolute atomic E-state index is 0.126. The van der Waals surface area contributed by atoms with E-state index in [4.69, 9.17) is 0 Å². The highest BCUT2D eigenvalue weighted by molar-refractivity contribution is 7.99. The van der Waals surface area contributed by atoms with Crippen LogP contribution >= 0.6 is 11.8 Å². The topological polar surface area (TPSA) is 20.2 Å². The van der Waals surface area contributed by atoms with Gasteiger partial charge in [0.05, 0.1) is 6.10 Å². The fraction of sp³-hybridized carbons (Fsp3) is 0.571. The van der Waals surface area contributed by atoms with Crippen molar-refractivity contribution in [2.75, 3.05) is 5.75 Å². The van der Waals surface area contributed by atoms with E-state index in [1.54, 1.807) is 0 Å². The fourth-order valence-electron chi connectivity index (χ4n) is 2.48. The van der Waals surface area contributed by atoms with Crippen LogP contribution in [0.1, 0.15) is 44.1 Å². The molecular formula is C14H20OS. The average Bonchev–Trinajstić information content (AvgIpc) is 2.31. The Morgan fingerprint density at radius 2 is 1.88 bits per heavy atom. The molecule has 1 fully saturated rings. The molecule has 0 heterocycles. The van der Waals surface area contributed by atoms with Gasteiger partial charge in [0, 0.05) is 10.8 Å². The molecule has 16 heavy (non-hydrogen) atoms. The molecule has 88 valence electrons. The number of thioether (sulfide) groups is 1. The molecule has 0 radical (unpaired) electrons. The van der Waals surface area contributed by atoms with E-state index in [1.165, 1.54) is 23.3 Å². The number of rotatable bonds is 3. The highest BCUT2D eigenvalue weighted by atomic mass is 32.2. The van der Waals surface area contributed by atoms with Crippen molar-refractivity contribution in [3.8, 4) is 0 Å². The van der Waals surface area contributed by atoms with Gasteiger partial charge in [-0.2, -0.15) is 0 Å². The first kappa shape index (κ1) is 12.0. The summed E-state index contributed by atoms with van der Waals surface area (Å²) in [5, 5.41) is 9.99. The van der Waals surface area contributed by atoms with Gasteiger partial charge in [-0.15, -0.1) is 11.8 Å². The van der Waals surface area contributed by atoms with Crippen LogP contribution in [0.25, 0.3) is 0 Å². The summed E-state index contributed by atoms with van der Waals surface area (Å²) in [4.78, 5) is 1.33. The van der Waals surface area contributed by atoms with Gasteiger partial charge in [-0.1, -0.05) is 31.9 Å². The van der Waals surface area contributed by atoms with Crippen LogP contribution < -0.4 is 0 Å². The molecule has 1 aromatic carbocycles. The molecule has 1 aliphatic carbocycles. The molecule has 0 saturated heterocycles. The number of benzene rings is 1. The molecule has 1 N–H and O–H groups in total. The highest BCUT2D eigenvalue weighted by Gasteiger charge is 2.24. The van der Waals surface area contributed by atoms with Gasteiger partial charge in [0.2, 0.25) is 0 Å². The molecule has 0 amide bonds. The molecule has 0 spiro atoms. The molecule has 2 unspecified atom stereocenters. The van der Waals surface area contributed by atoms with Crippen LogP contribution in [0, 0.1) is 0 Å². The Bertz CT molecular complexity index is 320. The summed E-state index contributed by atoms with van der Waals surface area (Å²) in [6, 6.07) is 8.75. The van der Waals surface area contributed by atoms with E-state index in [0.29, 0.717) is 5.92 Å². The van der Waals surface area contributed by atoms with Crippen LogP contribution in [-0.2, 0) is 0 Å². The van der Waals surface area contributed by atoms with E-state index in [1.807, 2.05) is 11.8 Å². The van der Waals surface area contributed by atoms with Crippen molar-refractivity contribution in [3.63, 3.8) is 0 Å². The molecule has 1 nitrogen and oxygen atoms in total. The SMILES string of the molecule is CCSc1ccc(C2CCCCC2O)cc1. The fourth-order valence-corrected chi connectivity index (χ4v) is 3.14. The summed E-state index contributed by atoms with van der Waals surface area (Å²) in [5.74, 6) is 1.49. The zero-order valence-corrected chi connectivity index (χ0v) is 10.7. The van der Waals surface area contributed by atoms with Crippen LogP contribution in [0.3, 0.4) is 0 Å². The number of aliphatic hydroxyl groups is 1. The van der Waals surface area contributed by atoms with E-state index in [9.17, 15) is 5.11 Å². The van der Waals surface area contributed by atoms with E-state index < -0.39 is 0 Å². The standard InChI is InChI=1S/C14H20OS/c1-2-16-12-9-7-11(8-10-12)13-5-3-4-6-14(13)15/h7-10,13-15H,2-6H2,1H3. The third kappa shape index (κ3) is 2.80. The predicted molar refractivity (Wildman–Crippen MR) is 70.1 cm³/mol. The maximum Gasteiger partial charge on any atom is 0.0608 e. The maximum atomic E-state index is 9.99. The highest BCUT2D eigenvalue weighted by Crippen LogP contribution is 2.33. The maximum absolute atomic E-state index is 9.99. The Labute approximate surface area is 102 Å². The average molecular weight is 236 g/mol. The molecule has 1 aromatic rings. The minimum atomic E-state index is -0.126. The van der Waals surface area contributed by atoms with Crippen molar-refractivity contribution in [2.24, 2.45) is 0 Å². The zero-order chi connectivity index (χ0) is 11.4. The lowest BCUT2D eigenvalue weighted by atomic mass is 9.82. The smallest absolute Gasteiger partial charge is 0.0608 e. The Morgan fingerprint density at radius 1 is 1.19 bits per heavy atom. The van der Waals surface area contributed by atoms with Gasteiger partial charge in [-0.05, 0) is 36.3 Å². The van der Waals surface area contributed by atoms with E-state index in [2.05, 4.69) is 31.2 Å². The first-order valence-electron chi connectivity index (χ1n) is 6.22. The van der Waals surface area contributed by atoms with Crippen LogP contribution in [0.4, 0.5) is 0 Å². The second kappa shape index (κ2) is 5.74. The quantitative estimate of drug-likeness (QED) is 0.805. The van der Waals surface area contributed by atoms with Gasteiger partial charge < -0.3 is 5.11 Å². The second-order valence-electron chi connectivity index (χ2n) is 4.46. The molecule has 1 aliphatic rings. The monoisotopic (exact) mass is 236 g/mol. The minimum Gasteiger partial charge on any atom is -0.392 e. The van der Waals surface area contributed by atoms with Crippen LogP contribution in [0.15, 0.2) is 29.2 Å². The van der Waals surface area contributed by atoms with E-state index in [0.717, 1.165) is 18.6 Å². The number of aliphatic hydroxyl groups excluding tert-OH is 1. The Balaban J connectivity index is 2.08. The van der Waals surface area contributed by atoms with Gasteiger partial charge in [0.25, 0.3) is 0 Å². The van der Waals surface area contributed by atoms with Crippen LogP contribution in [0.5, 0.6) is 0 Å².